The third-order valence-corrected chi connectivity index (χ3v) is 5.92. The molecule has 0 aliphatic heterocycles. The second-order valence-corrected chi connectivity index (χ2v) is 8.29. The van der Waals surface area contributed by atoms with Gasteiger partial charge in [0.2, 0.25) is 0 Å². The maximum atomic E-state index is 13.5. The summed E-state index contributed by atoms with van der Waals surface area (Å²) in [7, 11) is 1.81. The first-order valence-corrected chi connectivity index (χ1v) is 11.9. The second kappa shape index (κ2) is 11.7. The van der Waals surface area contributed by atoms with Crippen molar-refractivity contribution in [3.05, 3.63) is 88.7 Å². The minimum atomic E-state index is -0.401. The molecule has 0 saturated carbocycles. The summed E-state index contributed by atoms with van der Waals surface area (Å²) in [5.74, 6) is 0.230. The maximum absolute atomic E-state index is 13.5. The summed E-state index contributed by atoms with van der Waals surface area (Å²) in [5, 5.41) is 13.4. The fourth-order valence-electron chi connectivity index (χ4n) is 3.96. The SMILES string of the molecule is CCOC(=O)CCN(C(=O)c1ccc2c(c1)nc(CN(N=O)c1ccc(C#N)cc1)n2C)c1ccccn1. The van der Waals surface area contributed by atoms with Crippen molar-refractivity contribution in [1.29, 1.82) is 5.26 Å². The van der Waals surface area contributed by atoms with Gasteiger partial charge in [-0.25, -0.2) is 15.0 Å². The number of rotatable bonds is 10. The molecule has 2 aromatic carbocycles. The summed E-state index contributed by atoms with van der Waals surface area (Å²) in [6.45, 7) is 2.18. The molecular weight excluding hydrogens is 486 g/mol. The van der Waals surface area contributed by atoms with Crippen LogP contribution in [0.5, 0.6) is 0 Å². The smallest absolute Gasteiger partial charge is 0.307 e. The van der Waals surface area contributed by atoms with Gasteiger partial charge in [0.25, 0.3) is 5.91 Å². The van der Waals surface area contributed by atoms with Gasteiger partial charge in [-0.15, -0.1) is 4.91 Å². The summed E-state index contributed by atoms with van der Waals surface area (Å²) in [6, 6.07) is 18.9. The Morgan fingerprint density at radius 1 is 1.13 bits per heavy atom. The molecule has 0 bridgehead atoms. The monoisotopic (exact) mass is 511 g/mol. The van der Waals surface area contributed by atoms with E-state index < -0.39 is 5.97 Å². The van der Waals surface area contributed by atoms with Crippen LogP contribution in [0.3, 0.4) is 0 Å². The van der Waals surface area contributed by atoms with Crippen LogP contribution in [0.4, 0.5) is 11.5 Å². The molecule has 38 heavy (non-hydrogen) atoms. The molecule has 0 aliphatic carbocycles. The van der Waals surface area contributed by atoms with Gasteiger partial charge in [-0.1, -0.05) is 6.07 Å². The summed E-state index contributed by atoms with van der Waals surface area (Å²) in [6.07, 6.45) is 1.60. The van der Waals surface area contributed by atoms with Gasteiger partial charge >= 0.3 is 5.97 Å². The van der Waals surface area contributed by atoms with Crippen molar-refractivity contribution in [1.82, 2.24) is 14.5 Å². The number of nitrogens with zero attached hydrogens (tertiary/aromatic N) is 7. The molecule has 0 aliphatic rings. The third-order valence-electron chi connectivity index (χ3n) is 5.92. The van der Waals surface area contributed by atoms with Gasteiger partial charge in [0.05, 0.1) is 46.7 Å². The first-order chi connectivity index (χ1) is 18.4. The van der Waals surface area contributed by atoms with Gasteiger partial charge < -0.3 is 9.30 Å². The van der Waals surface area contributed by atoms with Gasteiger partial charge in [-0.3, -0.25) is 14.5 Å². The molecule has 0 saturated heterocycles. The lowest BCUT2D eigenvalue weighted by molar-refractivity contribution is -0.142. The minimum absolute atomic E-state index is 0.0238. The largest absolute Gasteiger partial charge is 0.466 e. The number of pyridine rings is 1. The Morgan fingerprint density at radius 2 is 1.92 bits per heavy atom. The highest BCUT2D eigenvalue weighted by atomic mass is 16.5. The molecule has 0 N–H and O–H groups in total. The lowest BCUT2D eigenvalue weighted by Gasteiger charge is -2.21. The summed E-state index contributed by atoms with van der Waals surface area (Å²) >= 11 is 0. The van der Waals surface area contributed by atoms with Gasteiger partial charge in [0, 0.05) is 25.4 Å². The van der Waals surface area contributed by atoms with Crippen molar-refractivity contribution in [3.63, 3.8) is 0 Å². The molecule has 0 unspecified atom stereocenters. The number of hydrogen-bond acceptors (Lipinski definition) is 8. The fourth-order valence-corrected chi connectivity index (χ4v) is 3.96. The quantitative estimate of drug-likeness (QED) is 0.176. The number of hydrogen-bond donors (Lipinski definition) is 0. The predicted molar refractivity (Wildman–Crippen MR) is 141 cm³/mol. The van der Waals surface area contributed by atoms with Crippen molar-refractivity contribution < 1.29 is 14.3 Å². The van der Waals surface area contributed by atoms with E-state index in [-0.39, 0.29) is 32.0 Å². The highest BCUT2D eigenvalue weighted by Crippen LogP contribution is 2.23. The number of benzene rings is 2. The number of anilines is 2. The molecule has 4 aromatic rings. The molecular formula is C27H25N7O4. The van der Waals surface area contributed by atoms with Gasteiger partial charge in [0.1, 0.15) is 18.2 Å². The molecule has 2 aromatic heterocycles. The fraction of sp³-hybridized carbons (Fsp3) is 0.222. The zero-order valence-corrected chi connectivity index (χ0v) is 20.9. The van der Waals surface area contributed by atoms with Crippen LogP contribution in [-0.4, -0.2) is 39.6 Å². The zero-order chi connectivity index (χ0) is 27.1. The Bertz CT molecular complexity index is 1490. The number of carbonyl (C=O) groups excluding carboxylic acids is 2. The van der Waals surface area contributed by atoms with Crippen LogP contribution in [0.2, 0.25) is 0 Å². The number of amides is 1. The normalized spacial score (nSPS) is 10.6. The summed E-state index contributed by atoms with van der Waals surface area (Å²) in [5.41, 5.74) is 2.69. The van der Waals surface area contributed by atoms with Crippen molar-refractivity contribution in [2.75, 3.05) is 23.1 Å². The number of imidazole rings is 1. The van der Waals surface area contributed by atoms with Crippen molar-refractivity contribution >= 4 is 34.4 Å². The van der Waals surface area contributed by atoms with Gasteiger partial charge in [-0.2, -0.15) is 5.26 Å². The van der Waals surface area contributed by atoms with Crippen LogP contribution in [0, 0.1) is 16.2 Å². The topological polar surface area (TPSA) is 134 Å². The maximum Gasteiger partial charge on any atom is 0.307 e. The molecule has 0 atom stereocenters. The number of ether oxygens (including phenoxy) is 1. The van der Waals surface area contributed by atoms with Crippen LogP contribution < -0.4 is 9.91 Å². The summed E-state index contributed by atoms with van der Waals surface area (Å²) < 4.78 is 6.84. The molecule has 4 rings (SSSR count). The number of aryl methyl sites for hydroxylation is 1. The van der Waals surface area contributed by atoms with Crippen molar-refractivity contribution in [2.24, 2.45) is 12.3 Å². The number of fused-ring (bicyclic) bond motifs is 1. The van der Waals surface area contributed by atoms with Crippen LogP contribution in [0.1, 0.15) is 35.1 Å². The average Bonchev–Trinajstić information content (AvgIpc) is 3.26. The summed E-state index contributed by atoms with van der Waals surface area (Å²) in [4.78, 5) is 47.4. The highest BCUT2D eigenvalue weighted by molar-refractivity contribution is 6.07. The molecule has 2 heterocycles. The Kier molecular flexibility index (Phi) is 8.03. The minimum Gasteiger partial charge on any atom is -0.466 e. The average molecular weight is 512 g/mol. The molecule has 0 spiro atoms. The molecule has 0 fully saturated rings. The molecule has 11 heteroatoms. The zero-order valence-electron chi connectivity index (χ0n) is 20.9. The number of nitroso groups, excluding NO2 is 1. The Balaban J connectivity index is 1.60. The molecule has 11 nitrogen and oxygen atoms in total. The van der Waals surface area contributed by atoms with Crippen molar-refractivity contribution in [2.45, 2.75) is 19.9 Å². The second-order valence-electron chi connectivity index (χ2n) is 8.29. The third kappa shape index (κ3) is 5.65. The molecule has 192 valence electrons. The van der Waals surface area contributed by atoms with Crippen LogP contribution in [-0.2, 0) is 23.1 Å². The van der Waals surface area contributed by atoms with E-state index >= 15 is 0 Å². The Labute approximate surface area is 218 Å². The Morgan fingerprint density at radius 3 is 2.58 bits per heavy atom. The van der Waals surface area contributed by atoms with Crippen LogP contribution >= 0.6 is 0 Å². The Hall–Kier alpha value is -5.11. The van der Waals surface area contributed by atoms with E-state index in [2.05, 4.69) is 15.3 Å². The van der Waals surface area contributed by atoms with E-state index in [0.29, 0.717) is 34.0 Å². The van der Waals surface area contributed by atoms with Gasteiger partial charge in [-0.05, 0) is 61.5 Å². The number of aromatic nitrogens is 3. The first kappa shape index (κ1) is 26.0. The first-order valence-electron chi connectivity index (χ1n) is 11.9. The molecule has 1 amide bonds. The number of carbonyl (C=O) groups is 2. The highest BCUT2D eigenvalue weighted by Gasteiger charge is 2.22. The standard InChI is InChI=1S/C27H25N7O4/c1-3-38-26(35)13-15-33(24-6-4-5-14-29-24)27(36)20-9-12-23-22(16-20)30-25(32(23)2)18-34(31-37)21-10-7-19(17-28)8-11-21/h4-12,14,16H,3,13,15,18H2,1-2H3. The van der Waals surface area contributed by atoms with E-state index in [9.17, 15) is 14.5 Å². The molecule has 0 radical (unpaired) electrons. The van der Waals surface area contributed by atoms with E-state index in [4.69, 9.17) is 10.00 Å². The van der Waals surface area contributed by atoms with E-state index in [1.165, 1.54) is 9.91 Å². The van der Waals surface area contributed by atoms with E-state index in [1.54, 1.807) is 73.8 Å². The van der Waals surface area contributed by atoms with Crippen LogP contribution in [0.25, 0.3) is 11.0 Å². The number of nitriles is 1. The van der Waals surface area contributed by atoms with E-state index in [1.807, 2.05) is 17.7 Å². The van der Waals surface area contributed by atoms with Crippen molar-refractivity contribution in [3.8, 4) is 6.07 Å². The van der Waals surface area contributed by atoms with E-state index in [0.717, 1.165) is 5.52 Å². The number of esters is 1. The van der Waals surface area contributed by atoms with Gasteiger partial charge in [0.15, 0.2) is 0 Å². The lowest BCUT2D eigenvalue weighted by atomic mass is 10.1. The van der Waals surface area contributed by atoms with Crippen LogP contribution in [0.15, 0.2) is 72.1 Å². The predicted octanol–water partition coefficient (Wildman–Crippen LogP) is 4.13. The lowest BCUT2D eigenvalue weighted by Crippen LogP contribution is -2.34.